The smallest absolute Gasteiger partial charge is 0.329 e. The second-order valence-electron chi connectivity index (χ2n) is 11.1. The van der Waals surface area contributed by atoms with Crippen LogP contribution in [-0.2, 0) is 29.3 Å². The highest BCUT2D eigenvalue weighted by Crippen LogP contribution is 2.36. The van der Waals surface area contributed by atoms with Crippen LogP contribution in [0.1, 0.15) is 44.5 Å². The summed E-state index contributed by atoms with van der Waals surface area (Å²) >= 11 is 12.0. The molecule has 0 amide bonds. The zero-order chi connectivity index (χ0) is 30.9. The van der Waals surface area contributed by atoms with E-state index in [0.717, 1.165) is 59.8 Å². The van der Waals surface area contributed by atoms with E-state index in [1.807, 2.05) is 0 Å². The van der Waals surface area contributed by atoms with Crippen LogP contribution in [0, 0.1) is 18.8 Å². The first-order valence-electron chi connectivity index (χ1n) is 14.0. The molecule has 4 aromatic heterocycles. The number of nitrogens with zero attached hydrogens (tertiary/aromatic N) is 7. The fraction of sp³-hybridized carbons (Fsp3) is 0.571. The molecule has 2 aliphatic rings. The minimum atomic E-state index is -4.54. The number of halogens is 5. The number of aryl methyl sites for hydroxylation is 1. The third kappa shape index (κ3) is 7.64. The Morgan fingerprint density at radius 1 is 0.864 bits per heavy atom. The van der Waals surface area contributed by atoms with Gasteiger partial charge in [0, 0.05) is 31.9 Å². The zero-order valence-corrected chi connectivity index (χ0v) is 26.1. The molecule has 1 N–H and O–H groups in total. The standard InChI is InChI=1S/C14H16ClF3N4O2S.C13H17ClN4.CH4/c1-25(23,24)21-4-2-9(3-5-21)7-22-11(14(16,17)18)6-10-12(15)19-8-20-13(10)22;1-9-6-11-12(14)16-8-17-13(11)18(9)7-10-2-4-15-5-3-10;/h6,8-9H,2-5,7H2,1H3;6,8,10,15H,2-5,7H2,1H3;1H4. The molecule has 2 saturated heterocycles. The molecule has 2 fully saturated rings. The van der Waals surface area contributed by atoms with Crippen LogP contribution in [0.2, 0.25) is 10.3 Å². The van der Waals surface area contributed by atoms with E-state index in [-0.39, 0.29) is 36.1 Å². The molecule has 44 heavy (non-hydrogen) atoms. The molecule has 6 heterocycles. The molecule has 0 spiro atoms. The third-order valence-electron chi connectivity index (χ3n) is 8.16. The summed E-state index contributed by atoms with van der Waals surface area (Å²) in [6.07, 6.45) is 2.71. The lowest BCUT2D eigenvalue weighted by Crippen LogP contribution is -2.38. The number of rotatable bonds is 5. The fourth-order valence-electron chi connectivity index (χ4n) is 5.85. The minimum absolute atomic E-state index is 0. The van der Waals surface area contributed by atoms with Crippen LogP contribution in [-0.4, -0.2) is 74.2 Å². The lowest BCUT2D eigenvalue weighted by atomic mass is 9.98. The van der Waals surface area contributed by atoms with Gasteiger partial charge in [-0.15, -0.1) is 0 Å². The first-order chi connectivity index (χ1) is 20.3. The molecule has 0 aromatic carbocycles. The summed E-state index contributed by atoms with van der Waals surface area (Å²) in [6.45, 7) is 6.10. The van der Waals surface area contributed by atoms with Crippen molar-refractivity contribution in [1.82, 2.24) is 38.7 Å². The molecule has 6 rings (SSSR count). The summed E-state index contributed by atoms with van der Waals surface area (Å²) < 4.78 is 68.0. The molecule has 0 bridgehead atoms. The van der Waals surface area contributed by atoms with Crippen LogP contribution in [0.3, 0.4) is 0 Å². The zero-order valence-electron chi connectivity index (χ0n) is 23.8. The SMILES string of the molecule is C.CS(=O)(=O)N1CCC(Cn2c(C(F)(F)F)cc3c(Cl)ncnc32)CC1.Cc1cc2c(Cl)ncnc2n1CC1CCNCC1. The van der Waals surface area contributed by atoms with Crippen molar-refractivity contribution in [1.29, 1.82) is 0 Å². The van der Waals surface area contributed by atoms with Gasteiger partial charge in [0.2, 0.25) is 10.0 Å². The Labute approximate surface area is 265 Å². The van der Waals surface area contributed by atoms with E-state index >= 15 is 0 Å². The number of fused-ring (bicyclic) bond motifs is 2. The van der Waals surface area contributed by atoms with E-state index in [9.17, 15) is 21.6 Å². The van der Waals surface area contributed by atoms with Crippen molar-refractivity contribution in [3.63, 3.8) is 0 Å². The van der Waals surface area contributed by atoms with Crippen LogP contribution in [0.15, 0.2) is 24.8 Å². The second-order valence-corrected chi connectivity index (χ2v) is 13.8. The van der Waals surface area contributed by atoms with Crippen LogP contribution in [0.5, 0.6) is 0 Å². The molecular weight excluding hydrogens is 640 g/mol. The molecule has 0 unspecified atom stereocenters. The summed E-state index contributed by atoms with van der Waals surface area (Å²) in [5.74, 6) is 0.651. The maximum atomic E-state index is 13.4. The van der Waals surface area contributed by atoms with E-state index in [1.165, 1.54) is 22.8 Å². The molecule has 242 valence electrons. The van der Waals surface area contributed by atoms with Gasteiger partial charge >= 0.3 is 6.18 Å². The number of hydrogen-bond acceptors (Lipinski definition) is 7. The number of piperidine rings is 2. The van der Waals surface area contributed by atoms with Crippen molar-refractivity contribution in [2.24, 2.45) is 11.8 Å². The van der Waals surface area contributed by atoms with Crippen molar-refractivity contribution in [3.8, 4) is 0 Å². The van der Waals surface area contributed by atoms with E-state index < -0.39 is 21.9 Å². The molecular formula is C28H37Cl2F3N8O2S. The van der Waals surface area contributed by atoms with E-state index in [1.54, 1.807) is 6.33 Å². The van der Waals surface area contributed by atoms with Gasteiger partial charge in [0.25, 0.3) is 0 Å². The van der Waals surface area contributed by atoms with Crippen LogP contribution in [0.25, 0.3) is 22.1 Å². The lowest BCUT2D eigenvalue weighted by Gasteiger charge is -2.30. The van der Waals surface area contributed by atoms with Gasteiger partial charge in [-0.25, -0.2) is 32.7 Å². The summed E-state index contributed by atoms with van der Waals surface area (Å²) in [4.78, 5) is 16.1. The van der Waals surface area contributed by atoms with E-state index in [0.29, 0.717) is 31.1 Å². The van der Waals surface area contributed by atoms with Crippen LogP contribution >= 0.6 is 23.2 Å². The number of nitrogens with one attached hydrogen (secondary N) is 1. The fourth-order valence-corrected chi connectivity index (χ4v) is 7.09. The molecule has 2 aliphatic heterocycles. The highest BCUT2D eigenvalue weighted by atomic mass is 35.5. The Morgan fingerprint density at radius 3 is 1.91 bits per heavy atom. The van der Waals surface area contributed by atoms with Gasteiger partial charge in [0.05, 0.1) is 17.0 Å². The second kappa shape index (κ2) is 13.9. The lowest BCUT2D eigenvalue weighted by molar-refractivity contribution is -0.143. The molecule has 0 atom stereocenters. The average molecular weight is 678 g/mol. The van der Waals surface area contributed by atoms with Gasteiger partial charge in [-0.05, 0) is 69.7 Å². The molecule has 0 saturated carbocycles. The maximum absolute atomic E-state index is 13.4. The number of aromatic nitrogens is 6. The Hall–Kier alpha value is -2.52. The maximum Gasteiger partial charge on any atom is 0.431 e. The Bertz CT molecular complexity index is 1700. The Morgan fingerprint density at radius 2 is 1.36 bits per heavy atom. The molecule has 10 nitrogen and oxygen atoms in total. The third-order valence-corrected chi connectivity index (χ3v) is 10.1. The van der Waals surface area contributed by atoms with Crippen LogP contribution < -0.4 is 5.32 Å². The van der Waals surface area contributed by atoms with E-state index in [2.05, 4.69) is 42.8 Å². The number of alkyl halides is 3. The van der Waals surface area contributed by atoms with E-state index in [4.69, 9.17) is 23.2 Å². The monoisotopic (exact) mass is 676 g/mol. The molecule has 0 radical (unpaired) electrons. The van der Waals surface area contributed by atoms with Crippen molar-refractivity contribution in [2.45, 2.75) is 59.3 Å². The van der Waals surface area contributed by atoms with Crippen molar-refractivity contribution >= 4 is 55.3 Å². The summed E-state index contributed by atoms with van der Waals surface area (Å²) in [7, 11) is -3.27. The summed E-state index contributed by atoms with van der Waals surface area (Å²) in [5.41, 5.74) is 1.49. The van der Waals surface area contributed by atoms with Gasteiger partial charge in [-0.1, -0.05) is 30.6 Å². The summed E-state index contributed by atoms with van der Waals surface area (Å²) in [6, 6.07) is 3.04. The quantitative estimate of drug-likeness (QED) is 0.266. The first kappa shape index (κ1) is 34.4. The van der Waals surface area contributed by atoms with Crippen molar-refractivity contribution in [3.05, 3.63) is 46.5 Å². The number of sulfonamides is 1. The highest BCUT2D eigenvalue weighted by Gasteiger charge is 2.37. The average Bonchev–Trinajstić information content (AvgIpc) is 3.49. The molecule has 0 aliphatic carbocycles. The normalized spacial score (nSPS) is 17.4. The van der Waals surface area contributed by atoms with Gasteiger partial charge in [0.15, 0.2) is 0 Å². The molecule has 4 aromatic rings. The number of hydrogen-bond donors (Lipinski definition) is 1. The highest BCUT2D eigenvalue weighted by molar-refractivity contribution is 7.88. The topological polar surface area (TPSA) is 111 Å². The molecule has 16 heteroatoms. The van der Waals surface area contributed by atoms with Gasteiger partial charge in [-0.3, -0.25) is 0 Å². The minimum Gasteiger partial charge on any atom is -0.329 e. The first-order valence-corrected chi connectivity index (χ1v) is 16.6. The van der Waals surface area contributed by atoms with Gasteiger partial charge in [0.1, 0.15) is 39.9 Å². The predicted octanol–water partition coefficient (Wildman–Crippen LogP) is 5.80. The van der Waals surface area contributed by atoms with Crippen LogP contribution in [0.4, 0.5) is 13.2 Å². The Kier molecular flexibility index (Phi) is 10.8. The predicted molar refractivity (Wildman–Crippen MR) is 166 cm³/mol. The van der Waals surface area contributed by atoms with Gasteiger partial charge < -0.3 is 14.5 Å². The van der Waals surface area contributed by atoms with Crippen molar-refractivity contribution in [2.75, 3.05) is 32.4 Å². The Balaban J connectivity index is 0.000000206. The summed E-state index contributed by atoms with van der Waals surface area (Å²) in [5, 5.41) is 5.04. The largest absolute Gasteiger partial charge is 0.431 e. The van der Waals surface area contributed by atoms with Gasteiger partial charge in [-0.2, -0.15) is 13.2 Å². The van der Waals surface area contributed by atoms with Crippen molar-refractivity contribution < 1.29 is 21.6 Å².